The van der Waals surface area contributed by atoms with Crippen molar-refractivity contribution in [2.45, 2.75) is 50.2 Å². The molecule has 3 atom stereocenters. The summed E-state index contributed by atoms with van der Waals surface area (Å²) in [6.07, 6.45) is 7.53. The van der Waals surface area contributed by atoms with E-state index in [1.54, 1.807) is 4.90 Å². The molecule has 5 heteroatoms. The maximum atomic E-state index is 7.07. The Balaban J connectivity index is 1.51. The van der Waals surface area contributed by atoms with Crippen LogP contribution in [0.25, 0.3) is 0 Å². The lowest BCUT2D eigenvalue weighted by molar-refractivity contribution is -0.971. The average molecular weight is 422 g/mol. The maximum Gasteiger partial charge on any atom is 0.245 e. The van der Waals surface area contributed by atoms with Crippen LogP contribution in [0.2, 0.25) is 0 Å². The third-order valence-electron chi connectivity index (χ3n) is 8.02. The van der Waals surface area contributed by atoms with Crippen molar-refractivity contribution in [3.05, 3.63) is 47.5 Å². The molecule has 31 heavy (non-hydrogen) atoms. The third kappa shape index (κ3) is 3.00. The Morgan fingerprint density at radius 1 is 0.903 bits per heavy atom. The molecule has 1 N–H and O–H groups in total. The van der Waals surface area contributed by atoms with Gasteiger partial charge in [0.25, 0.3) is 0 Å². The van der Waals surface area contributed by atoms with Crippen molar-refractivity contribution in [3.8, 4) is 17.2 Å². The number of benzene rings is 2. The van der Waals surface area contributed by atoms with E-state index in [4.69, 9.17) is 14.2 Å². The number of hydrogen-bond acceptors (Lipinski definition) is 4. The minimum Gasteiger partial charge on any atom is -0.454 e. The van der Waals surface area contributed by atoms with Gasteiger partial charge in [-0.2, -0.15) is 0 Å². The van der Waals surface area contributed by atoms with Gasteiger partial charge in [-0.05, 0) is 36.6 Å². The van der Waals surface area contributed by atoms with Crippen molar-refractivity contribution in [1.82, 2.24) is 0 Å². The number of fused-ring (bicyclic) bond motifs is 3. The molecule has 4 aliphatic rings. The molecule has 5 nitrogen and oxygen atoms in total. The Hall–Kier alpha value is -2.40. The summed E-state index contributed by atoms with van der Waals surface area (Å²) in [5.41, 5.74) is 3.77. The maximum absolute atomic E-state index is 7.07. The van der Waals surface area contributed by atoms with Gasteiger partial charge in [-0.3, -0.25) is 4.90 Å². The van der Waals surface area contributed by atoms with Gasteiger partial charge in [-0.15, -0.1) is 0 Å². The van der Waals surface area contributed by atoms with Gasteiger partial charge < -0.3 is 19.1 Å². The van der Waals surface area contributed by atoms with Crippen LogP contribution in [0.15, 0.2) is 36.4 Å². The second-order valence-electron chi connectivity index (χ2n) is 9.86. The van der Waals surface area contributed by atoms with Crippen LogP contribution in [0.3, 0.4) is 0 Å². The van der Waals surface area contributed by atoms with Crippen LogP contribution in [0.5, 0.6) is 17.2 Å². The zero-order valence-corrected chi connectivity index (χ0v) is 18.7. The van der Waals surface area contributed by atoms with E-state index in [0.29, 0.717) is 18.6 Å². The van der Waals surface area contributed by atoms with Gasteiger partial charge in [-0.1, -0.05) is 18.6 Å². The molecule has 6 rings (SSSR count). The quantitative estimate of drug-likeness (QED) is 0.822. The van der Waals surface area contributed by atoms with Crippen LogP contribution in [-0.2, 0) is 0 Å². The summed E-state index contributed by atoms with van der Waals surface area (Å²) >= 11 is 0. The first-order chi connectivity index (χ1) is 15.2. The first-order valence-electron chi connectivity index (χ1n) is 11.9. The minimum absolute atomic E-state index is 0.125. The Labute approximate surface area is 184 Å². The van der Waals surface area contributed by atoms with Crippen molar-refractivity contribution < 1.29 is 19.1 Å². The van der Waals surface area contributed by atoms with E-state index in [-0.39, 0.29) is 5.72 Å². The predicted molar refractivity (Wildman–Crippen MR) is 120 cm³/mol. The second kappa shape index (κ2) is 7.33. The molecule has 1 saturated heterocycles. The summed E-state index contributed by atoms with van der Waals surface area (Å²) in [7, 11) is 4.20. The fourth-order valence-electron chi connectivity index (χ4n) is 6.54. The van der Waals surface area contributed by atoms with E-state index in [9.17, 15) is 0 Å². The van der Waals surface area contributed by atoms with E-state index in [1.807, 2.05) is 0 Å². The zero-order valence-electron chi connectivity index (χ0n) is 18.7. The van der Waals surface area contributed by atoms with Gasteiger partial charge in [0.2, 0.25) is 12.5 Å². The number of quaternary nitrogens is 1. The summed E-state index contributed by atoms with van der Waals surface area (Å²) in [6, 6.07) is 13.5. The molecule has 2 aromatic carbocycles. The van der Waals surface area contributed by atoms with Crippen LogP contribution in [0.4, 0.5) is 5.69 Å². The number of ether oxygens (including phenoxy) is 3. The molecule has 2 fully saturated rings. The highest BCUT2D eigenvalue weighted by Crippen LogP contribution is 2.54. The topological polar surface area (TPSA) is 35.4 Å². The fourth-order valence-corrected chi connectivity index (χ4v) is 6.54. The summed E-state index contributed by atoms with van der Waals surface area (Å²) in [5.74, 6) is 3.48. The Kier molecular flexibility index (Phi) is 4.57. The number of hydrogen-bond donors (Lipinski definition) is 1. The standard InChI is InChI=1S/C26H32N2O3/c1-27(2)19-10-8-18(9-11-19)25-20-15-23-24(30-17-29-23)16-22(20)31-26(28-13-5-6-14-28)12-4-3-7-21(25)26/h8-11,15-16,21,25H,3-7,12-14,17H2,1-2H3/p+1/t21-,25-,26-/m1/s1. The van der Waals surface area contributed by atoms with Crippen molar-refractivity contribution in [2.75, 3.05) is 38.9 Å². The van der Waals surface area contributed by atoms with Crippen molar-refractivity contribution in [3.63, 3.8) is 0 Å². The minimum atomic E-state index is -0.125. The lowest BCUT2D eigenvalue weighted by Gasteiger charge is -2.52. The molecular formula is C26H33N2O3+. The predicted octanol–water partition coefficient (Wildman–Crippen LogP) is 3.57. The van der Waals surface area contributed by atoms with Crippen molar-refractivity contribution in [2.24, 2.45) is 5.92 Å². The van der Waals surface area contributed by atoms with Gasteiger partial charge in [-0.25, -0.2) is 0 Å². The SMILES string of the molecule is CN(C)c1ccc([C@@H]2c3cc4c(cc3O[C@]3([NH+]5CCCC5)CCCC[C@H]23)OCO4)cc1. The molecule has 164 valence electrons. The van der Waals surface area contributed by atoms with Crippen LogP contribution in [0, 0.1) is 5.92 Å². The smallest absolute Gasteiger partial charge is 0.245 e. The third-order valence-corrected chi connectivity index (χ3v) is 8.02. The lowest BCUT2D eigenvalue weighted by atomic mass is 9.66. The van der Waals surface area contributed by atoms with Crippen LogP contribution in [0.1, 0.15) is 55.6 Å². The number of likely N-dealkylation sites (tertiary alicyclic amines) is 1. The van der Waals surface area contributed by atoms with E-state index in [0.717, 1.165) is 23.7 Å². The number of nitrogens with zero attached hydrogens (tertiary/aromatic N) is 1. The molecule has 2 aromatic rings. The molecule has 0 radical (unpaired) electrons. The molecule has 0 bridgehead atoms. The highest BCUT2D eigenvalue weighted by atomic mass is 16.7. The first-order valence-corrected chi connectivity index (χ1v) is 11.9. The molecule has 3 aliphatic heterocycles. The Bertz CT molecular complexity index is 967. The van der Waals surface area contributed by atoms with Gasteiger partial charge >= 0.3 is 0 Å². The summed E-state index contributed by atoms with van der Waals surface area (Å²) in [6.45, 7) is 2.75. The number of nitrogens with one attached hydrogen (secondary N) is 1. The molecule has 1 aliphatic carbocycles. The Morgan fingerprint density at radius 3 is 2.39 bits per heavy atom. The Morgan fingerprint density at radius 2 is 1.65 bits per heavy atom. The summed E-state index contributed by atoms with van der Waals surface area (Å²) in [5, 5.41) is 0. The summed E-state index contributed by atoms with van der Waals surface area (Å²) in [4.78, 5) is 3.83. The van der Waals surface area contributed by atoms with Crippen molar-refractivity contribution in [1.29, 1.82) is 0 Å². The molecule has 0 unspecified atom stereocenters. The average Bonchev–Trinajstić information content (AvgIpc) is 3.48. The van der Waals surface area contributed by atoms with Gasteiger partial charge in [0.15, 0.2) is 11.5 Å². The van der Waals surface area contributed by atoms with Crippen LogP contribution in [-0.4, -0.2) is 39.7 Å². The molecule has 3 heterocycles. The highest BCUT2D eigenvalue weighted by molar-refractivity contribution is 5.57. The molecular weight excluding hydrogens is 388 g/mol. The monoisotopic (exact) mass is 421 g/mol. The van der Waals surface area contributed by atoms with E-state index in [2.05, 4.69) is 55.4 Å². The zero-order chi connectivity index (χ0) is 21.0. The van der Waals surface area contributed by atoms with Gasteiger partial charge in [0.1, 0.15) is 5.75 Å². The van der Waals surface area contributed by atoms with Gasteiger partial charge in [0, 0.05) is 56.6 Å². The van der Waals surface area contributed by atoms with E-state index in [1.165, 1.54) is 62.0 Å². The number of anilines is 1. The first kappa shape index (κ1) is 19.3. The van der Waals surface area contributed by atoms with Crippen LogP contribution >= 0.6 is 0 Å². The van der Waals surface area contributed by atoms with Crippen molar-refractivity contribution >= 4 is 5.69 Å². The largest absolute Gasteiger partial charge is 0.454 e. The lowest BCUT2D eigenvalue weighted by Crippen LogP contribution is -3.21. The highest BCUT2D eigenvalue weighted by Gasteiger charge is 2.58. The molecule has 0 spiro atoms. The van der Waals surface area contributed by atoms with Gasteiger partial charge in [0.05, 0.1) is 19.0 Å². The van der Waals surface area contributed by atoms with E-state index < -0.39 is 0 Å². The molecule has 0 amide bonds. The summed E-state index contributed by atoms with van der Waals surface area (Å²) < 4.78 is 18.6. The number of rotatable bonds is 3. The fraction of sp³-hybridized carbons (Fsp3) is 0.538. The normalized spacial score (nSPS) is 29.2. The van der Waals surface area contributed by atoms with Crippen LogP contribution < -0.4 is 24.0 Å². The van der Waals surface area contributed by atoms with E-state index >= 15 is 0 Å². The second-order valence-corrected chi connectivity index (χ2v) is 9.86. The molecule has 0 aromatic heterocycles. The molecule has 1 saturated carbocycles.